The predicted molar refractivity (Wildman–Crippen MR) is 60.3 cm³/mol. The Labute approximate surface area is 90.7 Å². The molecule has 0 aliphatic rings. The summed E-state index contributed by atoms with van der Waals surface area (Å²) in [5, 5.41) is 0. The Morgan fingerprint density at radius 2 is 2.27 bits per heavy atom. The fourth-order valence-corrected chi connectivity index (χ4v) is 1.62. The lowest BCUT2D eigenvalue weighted by Gasteiger charge is -2.11. The number of hydrogen-bond donors (Lipinski definition) is 1. The normalized spacial score (nSPS) is 12.3. The fraction of sp³-hybridized carbons (Fsp3) is 0.500. The van der Waals surface area contributed by atoms with Gasteiger partial charge in [-0.05, 0) is 18.6 Å². The zero-order valence-electron chi connectivity index (χ0n) is 9.15. The van der Waals surface area contributed by atoms with Crippen LogP contribution in [-0.2, 0) is 4.79 Å². The number of aromatic nitrogens is 1. The molecular formula is C12H18N2O. The summed E-state index contributed by atoms with van der Waals surface area (Å²) in [5.74, 6) is -0.498. The highest BCUT2D eigenvalue weighted by molar-refractivity contribution is 5.81. The maximum absolute atomic E-state index is 11.3. The lowest BCUT2D eigenvalue weighted by atomic mass is 9.97. The highest BCUT2D eigenvalue weighted by Crippen LogP contribution is 2.19. The molecule has 2 N–H and O–H groups in total. The molecule has 1 aromatic rings. The number of unbranched alkanes of at least 4 members (excludes halogenated alkanes) is 2. The first-order valence-electron chi connectivity index (χ1n) is 5.46. The van der Waals surface area contributed by atoms with E-state index in [2.05, 4.69) is 11.9 Å². The van der Waals surface area contributed by atoms with Crippen LogP contribution in [0, 0.1) is 0 Å². The van der Waals surface area contributed by atoms with Crippen molar-refractivity contribution in [1.82, 2.24) is 4.98 Å². The number of carbonyl (C=O) groups excluding carboxylic acids is 1. The van der Waals surface area contributed by atoms with Crippen LogP contribution >= 0.6 is 0 Å². The molecule has 15 heavy (non-hydrogen) atoms. The highest BCUT2D eigenvalue weighted by atomic mass is 16.1. The second-order valence-electron chi connectivity index (χ2n) is 3.71. The van der Waals surface area contributed by atoms with E-state index < -0.39 is 0 Å². The van der Waals surface area contributed by atoms with E-state index in [9.17, 15) is 4.79 Å². The summed E-state index contributed by atoms with van der Waals surface area (Å²) >= 11 is 0. The molecule has 0 aliphatic carbocycles. The second kappa shape index (κ2) is 6.17. The topological polar surface area (TPSA) is 56.0 Å². The Morgan fingerprint density at radius 1 is 1.47 bits per heavy atom. The SMILES string of the molecule is CCCCCC(C(N)=O)c1ccccn1. The van der Waals surface area contributed by atoms with Crippen LogP contribution in [0.2, 0.25) is 0 Å². The van der Waals surface area contributed by atoms with Gasteiger partial charge in [0, 0.05) is 6.20 Å². The zero-order chi connectivity index (χ0) is 11.1. The van der Waals surface area contributed by atoms with Crippen molar-refractivity contribution in [3.8, 4) is 0 Å². The fourth-order valence-electron chi connectivity index (χ4n) is 1.62. The largest absolute Gasteiger partial charge is 0.369 e. The summed E-state index contributed by atoms with van der Waals surface area (Å²) in [6.45, 7) is 2.14. The number of nitrogens with two attached hydrogens (primary N) is 1. The third kappa shape index (κ3) is 3.70. The van der Waals surface area contributed by atoms with E-state index in [1.54, 1.807) is 6.20 Å². The van der Waals surface area contributed by atoms with E-state index in [-0.39, 0.29) is 11.8 Å². The minimum atomic E-state index is -0.273. The van der Waals surface area contributed by atoms with Crippen LogP contribution in [0.5, 0.6) is 0 Å². The molecule has 0 saturated carbocycles. The van der Waals surface area contributed by atoms with Crippen molar-refractivity contribution < 1.29 is 4.79 Å². The number of primary amides is 1. The zero-order valence-corrected chi connectivity index (χ0v) is 9.15. The number of amides is 1. The van der Waals surface area contributed by atoms with Crippen molar-refractivity contribution in [2.45, 2.75) is 38.5 Å². The Kier molecular flexibility index (Phi) is 4.81. The predicted octanol–water partition coefficient (Wildman–Crippen LogP) is 2.23. The van der Waals surface area contributed by atoms with Crippen molar-refractivity contribution in [1.29, 1.82) is 0 Å². The summed E-state index contributed by atoms with van der Waals surface area (Å²) in [7, 11) is 0. The molecule has 0 radical (unpaired) electrons. The molecule has 82 valence electrons. The highest BCUT2D eigenvalue weighted by Gasteiger charge is 2.17. The van der Waals surface area contributed by atoms with Gasteiger partial charge in [0.15, 0.2) is 0 Å². The molecule has 0 aliphatic heterocycles. The van der Waals surface area contributed by atoms with Gasteiger partial charge >= 0.3 is 0 Å². The quantitative estimate of drug-likeness (QED) is 0.726. The molecule has 1 amide bonds. The van der Waals surface area contributed by atoms with E-state index in [1.165, 1.54) is 0 Å². The van der Waals surface area contributed by atoms with Gasteiger partial charge in [-0.2, -0.15) is 0 Å². The molecule has 1 rings (SSSR count). The lowest BCUT2D eigenvalue weighted by molar-refractivity contribution is -0.119. The molecular weight excluding hydrogens is 188 g/mol. The molecule has 1 unspecified atom stereocenters. The first-order chi connectivity index (χ1) is 7.25. The van der Waals surface area contributed by atoms with Gasteiger partial charge in [0.05, 0.1) is 11.6 Å². The second-order valence-corrected chi connectivity index (χ2v) is 3.71. The van der Waals surface area contributed by atoms with Crippen molar-refractivity contribution in [3.05, 3.63) is 30.1 Å². The first kappa shape index (κ1) is 11.7. The molecule has 1 aromatic heterocycles. The van der Waals surface area contributed by atoms with Crippen molar-refractivity contribution in [3.63, 3.8) is 0 Å². The van der Waals surface area contributed by atoms with Crippen molar-refractivity contribution in [2.24, 2.45) is 5.73 Å². The van der Waals surface area contributed by atoms with Gasteiger partial charge < -0.3 is 5.73 Å². The molecule has 0 spiro atoms. The number of rotatable bonds is 6. The van der Waals surface area contributed by atoms with Crippen LogP contribution in [0.25, 0.3) is 0 Å². The maximum Gasteiger partial charge on any atom is 0.226 e. The molecule has 3 nitrogen and oxygen atoms in total. The lowest BCUT2D eigenvalue weighted by Crippen LogP contribution is -2.22. The summed E-state index contributed by atoms with van der Waals surface area (Å²) in [6, 6.07) is 5.59. The summed E-state index contributed by atoms with van der Waals surface area (Å²) < 4.78 is 0. The third-order valence-electron chi connectivity index (χ3n) is 2.48. The molecule has 1 atom stereocenters. The number of carbonyl (C=O) groups is 1. The van der Waals surface area contributed by atoms with E-state index in [0.717, 1.165) is 31.4 Å². The number of nitrogens with zero attached hydrogens (tertiary/aromatic N) is 1. The van der Waals surface area contributed by atoms with E-state index >= 15 is 0 Å². The molecule has 3 heteroatoms. The standard InChI is InChI=1S/C12H18N2O/c1-2-3-4-7-10(12(13)15)11-8-5-6-9-14-11/h5-6,8-10H,2-4,7H2,1H3,(H2,13,15). The minimum absolute atomic E-state index is 0.224. The van der Waals surface area contributed by atoms with Crippen LogP contribution < -0.4 is 5.73 Å². The van der Waals surface area contributed by atoms with Gasteiger partial charge in [-0.3, -0.25) is 9.78 Å². The van der Waals surface area contributed by atoms with E-state index in [1.807, 2.05) is 18.2 Å². The molecule has 0 bridgehead atoms. The van der Waals surface area contributed by atoms with Crippen molar-refractivity contribution in [2.75, 3.05) is 0 Å². The van der Waals surface area contributed by atoms with Gasteiger partial charge in [0.2, 0.25) is 5.91 Å². The Morgan fingerprint density at radius 3 is 2.80 bits per heavy atom. The number of pyridine rings is 1. The van der Waals surface area contributed by atoms with Gasteiger partial charge in [-0.25, -0.2) is 0 Å². The van der Waals surface area contributed by atoms with Crippen LogP contribution in [-0.4, -0.2) is 10.9 Å². The van der Waals surface area contributed by atoms with Gasteiger partial charge in [-0.15, -0.1) is 0 Å². The summed E-state index contributed by atoms with van der Waals surface area (Å²) in [5.41, 5.74) is 6.16. The summed E-state index contributed by atoms with van der Waals surface area (Å²) in [4.78, 5) is 15.5. The van der Waals surface area contributed by atoms with Crippen LogP contribution in [0.3, 0.4) is 0 Å². The van der Waals surface area contributed by atoms with Crippen molar-refractivity contribution >= 4 is 5.91 Å². The Bertz CT molecular complexity index is 298. The molecule has 1 heterocycles. The maximum atomic E-state index is 11.3. The van der Waals surface area contributed by atoms with Crippen LogP contribution in [0.4, 0.5) is 0 Å². The van der Waals surface area contributed by atoms with E-state index in [0.29, 0.717) is 0 Å². The van der Waals surface area contributed by atoms with Gasteiger partial charge in [0.1, 0.15) is 0 Å². The Balaban J connectivity index is 2.62. The average Bonchev–Trinajstić information content (AvgIpc) is 2.25. The average molecular weight is 206 g/mol. The molecule has 0 fully saturated rings. The van der Waals surface area contributed by atoms with Crippen LogP contribution in [0.1, 0.15) is 44.2 Å². The molecule has 0 aromatic carbocycles. The van der Waals surface area contributed by atoms with Crippen LogP contribution in [0.15, 0.2) is 24.4 Å². The first-order valence-corrected chi connectivity index (χ1v) is 5.46. The number of hydrogen-bond acceptors (Lipinski definition) is 2. The van der Waals surface area contributed by atoms with E-state index in [4.69, 9.17) is 5.73 Å². The smallest absolute Gasteiger partial charge is 0.226 e. The summed E-state index contributed by atoms with van der Waals surface area (Å²) in [6.07, 6.45) is 5.82. The monoisotopic (exact) mass is 206 g/mol. The van der Waals surface area contributed by atoms with Gasteiger partial charge in [0.25, 0.3) is 0 Å². The van der Waals surface area contributed by atoms with Gasteiger partial charge in [-0.1, -0.05) is 32.3 Å². The molecule has 0 saturated heterocycles. The third-order valence-corrected chi connectivity index (χ3v) is 2.48. The Hall–Kier alpha value is -1.38. The minimum Gasteiger partial charge on any atom is -0.369 e.